The van der Waals surface area contributed by atoms with Crippen LogP contribution in [0.5, 0.6) is 0 Å². The SMILES string of the molecule is CC=CC(=O)N1CCC(CCC(=O)O)CC1. The van der Waals surface area contributed by atoms with Crippen molar-refractivity contribution < 1.29 is 14.7 Å². The van der Waals surface area contributed by atoms with E-state index < -0.39 is 5.97 Å². The van der Waals surface area contributed by atoms with Crippen molar-refractivity contribution in [3.63, 3.8) is 0 Å². The number of rotatable bonds is 4. The minimum Gasteiger partial charge on any atom is -0.481 e. The Labute approximate surface area is 95.9 Å². The highest BCUT2D eigenvalue weighted by Gasteiger charge is 2.21. The van der Waals surface area contributed by atoms with Crippen LogP contribution in [-0.4, -0.2) is 35.0 Å². The topological polar surface area (TPSA) is 57.6 Å². The number of allylic oxidation sites excluding steroid dienone is 1. The summed E-state index contributed by atoms with van der Waals surface area (Å²) in [6, 6.07) is 0. The standard InChI is InChI=1S/C12H19NO3/c1-2-3-11(14)13-8-6-10(7-9-13)4-5-12(15)16/h2-3,10H,4-9H2,1H3,(H,15,16). The third-order valence-corrected chi connectivity index (χ3v) is 3.00. The molecule has 0 aromatic rings. The second-order valence-corrected chi connectivity index (χ2v) is 4.20. The maximum atomic E-state index is 11.5. The molecule has 0 bridgehead atoms. The highest BCUT2D eigenvalue weighted by molar-refractivity contribution is 5.87. The number of amides is 1. The smallest absolute Gasteiger partial charge is 0.303 e. The van der Waals surface area contributed by atoms with Crippen LogP contribution in [0.3, 0.4) is 0 Å². The van der Waals surface area contributed by atoms with Gasteiger partial charge >= 0.3 is 5.97 Å². The molecule has 0 atom stereocenters. The van der Waals surface area contributed by atoms with Gasteiger partial charge in [-0.3, -0.25) is 9.59 Å². The number of carbonyl (C=O) groups is 2. The number of carboxylic acids is 1. The molecule has 1 N–H and O–H groups in total. The summed E-state index contributed by atoms with van der Waals surface area (Å²) in [6.07, 6.45) is 6.16. The van der Waals surface area contributed by atoms with Crippen LogP contribution in [0.25, 0.3) is 0 Å². The molecule has 4 heteroatoms. The van der Waals surface area contributed by atoms with Crippen LogP contribution in [-0.2, 0) is 9.59 Å². The van der Waals surface area contributed by atoms with Gasteiger partial charge < -0.3 is 10.0 Å². The van der Waals surface area contributed by atoms with Gasteiger partial charge in [0.2, 0.25) is 5.91 Å². The molecule has 1 fully saturated rings. The molecule has 1 saturated heterocycles. The maximum absolute atomic E-state index is 11.5. The summed E-state index contributed by atoms with van der Waals surface area (Å²) in [5.74, 6) is -0.197. The Morgan fingerprint density at radius 1 is 1.38 bits per heavy atom. The van der Waals surface area contributed by atoms with Gasteiger partial charge in [0.05, 0.1) is 0 Å². The fraction of sp³-hybridized carbons (Fsp3) is 0.667. The lowest BCUT2D eigenvalue weighted by Crippen LogP contribution is -2.37. The van der Waals surface area contributed by atoms with Gasteiger partial charge in [0.1, 0.15) is 0 Å². The summed E-state index contributed by atoms with van der Waals surface area (Å²) in [5.41, 5.74) is 0. The molecule has 0 aliphatic carbocycles. The second-order valence-electron chi connectivity index (χ2n) is 4.20. The van der Waals surface area contributed by atoms with Crippen molar-refractivity contribution in [1.29, 1.82) is 0 Å². The number of carbonyl (C=O) groups excluding carboxylic acids is 1. The van der Waals surface area contributed by atoms with E-state index in [-0.39, 0.29) is 12.3 Å². The van der Waals surface area contributed by atoms with Gasteiger partial charge in [0, 0.05) is 19.5 Å². The Bertz CT molecular complexity index is 278. The van der Waals surface area contributed by atoms with Crippen molar-refractivity contribution in [3.05, 3.63) is 12.2 Å². The van der Waals surface area contributed by atoms with Crippen LogP contribution >= 0.6 is 0 Å². The minimum absolute atomic E-state index is 0.0687. The van der Waals surface area contributed by atoms with Gasteiger partial charge in [-0.05, 0) is 38.2 Å². The third kappa shape index (κ3) is 4.04. The summed E-state index contributed by atoms with van der Waals surface area (Å²) in [6.45, 7) is 3.35. The lowest BCUT2D eigenvalue weighted by molar-refractivity contribution is -0.137. The molecule has 16 heavy (non-hydrogen) atoms. The van der Waals surface area contributed by atoms with Gasteiger partial charge in [0.15, 0.2) is 0 Å². The van der Waals surface area contributed by atoms with Crippen molar-refractivity contribution in [2.45, 2.75) is 32.6 Å². The van der Waals surface area contributed by atoms with Crippen molar-refractivity contribution in [2.24, 2.45) is 5.92 Å². The van der Waals surface area contributed by atoms with E-state index >= 15 is 0 Å². The number of carboxylic acid groups (broad SMARTS) is 1. The number of aliphatic carboxylic acids is 1. The molecule has 0 spiro atoms. The average Bonchev–Trinajstić information content (AvgIpc) is 2.27. The molecule has 0 aromatic carbocycles. The summed E-state index contributed by atoms with van der Waals surface area (Å²) in [4.78, 5) is 23.8. The van der Waals surface area contributed by atoms with E-state index in [1.165, 1.54) is 0 Å². The molecule has 1 rings (SSSR count). The number of nitrogens with zero attached hydrogens (tertiary/aromatic N) is 1. The first-order valence-electron chi connectivity index (χ1n) is 5.77. The lowest BCUT2D eigenvalue weighted by Gasteiger charge is -2.31. The Balaban J connectivity index is 2.28. The zero-order chi connectivity index (χ0) is 12.0. The van der Waals surface area contributed by atoms with Gasteiger partial charge in [-0.15, -0.1) is 0 Å². The monoisotopic (exact) mass is 225 g/mol. The molecule has 0 saturated carbocycles. The molecule has 0 radical (unpaired) electrons. The Morgan fingerprint density at radius 3 is 2.50 bits per heavy atom. The van der Waals surface area contributed by atoms with Gasteiger partial charge in [-0.1, -0.05) is 6.08 Å². The molecule has 90 valence electrons. The van der Waals surface area contributed by atoms with Gasteiger partial charge in [0.25, 0.3) is 0 Å². The summed E-state index contributed by atoms with van der Waals surface area (Å²) < 4.78 is 0. The fourth-order valence-corrected chi connectivity index (χ4v) is 2.02. The average molecular weight is 225 g/mol. The van der Waals surface area contributed by atoms with Crippen LogP contribution in [0.4, 0.5) is 0 Å². The van der Waals surface area contributed by atoms with E-state index in [0.29, 0.717) is 5.92 Å². The Kier molecular flexibility index (Phi) is 5.02. The Morgan fingerprint density at radius 2 is 2.00 bits per heavy atom. The minimum atomic E-state index is -0.729. The quantitative estimate of drug-likeness (QED) is 0.740. The van der Waals surface area contributed by atoms with Crippen LogP contribution in [0, 0.1) is 5.92 Å². The first kappa shape index (κ1) is 12.7. The molecule has 0 unspecified atom stereocenters. The molecule has 0 aromatic heterocycles. The largest absolute Gasteiger partial charge is 0.481 e. The Hall–Kier alpha value is -1.32. The van der Waals surface area contributed by atoms with Crippen LogP contribution in [0.1, 0.15) is 32.6 Å². The molecular weight excluding hydrogens is 206 g/mol. The molecule has 1 aliphatic rings. The molecule has 1 amide bonds. The summed E-state index contributed by atoms with van der Waals surface area (Å²) in [7, 11) is 0. The highest BCUT2D eigenvalue weighted by Crippen LogP contribution is 2.21. The van der Waals surface area contributed by atoms with Gasteiger partial charge in [-0.25, -0.2) is 0 Å². The molecule has 4 nitrogen and oxygen atoms in total. The predicted molar refractivity (Wildman–Crippen MR) is 61.0 cm³/mol. The highest BCUT2D eigenvalue weighted by atomic mass is 16.4. The van der Waals surface area contributed by atoms with Crippen LogP contribution < -0.4 is 0 Å². The van der Waals surface area contributed by atoms with E-state index in [9.17, 15) is 9.59 Å². The van der Waals surface area contributed by atoms with Gasteiger partial charge in [-0.2, -0.15) is 0 Å². The van der Waals surface area contributed by atoms with Crippen LogP contribution in [0.15, 0.2) is 12.2 Å². The van der Waals surface area contributed by atoms with Crippen molar-refractivity contribution in [3.8, 4) is 0 Å². The maximum Gasteiger partial charge on any atom is 0.303 e. The fourth-order valence-electron chi connectivity index (χ4n) is 2.02. The zero-order valence-electron chi connectivity index (χ0n) is 9.69. The molecular formula is C12H19NO3. The second kappa shape index (κ2) is 6.30. The number of hydrogen-bond donors (Lipinski definition) is 1. The lowest BCUT2D eigenvalue weighted by atomic mass is 9.92. The van der Waals surface area contributed by atoms with Crippen molar-refractivity contribution in [2.75, 3.05) is 13.1 Å². The van der Waals surface area contributed by atoms with Crippen molar-refractivity contribution in [1.82, 2.24) is 4.90 Å². The van der Waals surface area contributed by atoms with Crippen molar-refractivity contribution >= 4 is 11.9 Å². The van der Waals surface area contributed by atoms with E-state index in [4.69, 9.17) is 5.11 Å². The third-order valence-electron chi connectivity index (χ3n) is 3.00. The zero-order valence-corrected chi connectivity index (χ0v) is 9.69. The van der Waals surface area contributed by atoms with E-state index in [1.807, 2.05) is 11.8 Å². The molecule has 1 heterocycles. The summed E-state index contributed by atoms with van der Waals surface area (Å²) in [5, 5.41) is 8.58. The normalized spacial score (nSPS) is 17.9. The first-order chi connectivity index (χ1) is 7.63. The van der Waals surface area contributed by atoms with E-state index in [0.717, 1.165) is 32.4 Å². The number of piperidine rings is 1. The first-order valence-corrected chi connectivity index (χ1v) is 5.77. The van der Waals surface area contributed by atoms with E-state index in [2.05, 4.69) is 0 Å². The van der Waals surface area contributed by atoms with Crippen LogP contribution in [0.2, 0.25) is 0 Å². The summed E-state index contributed by atoms with van der Waals surface area (Å²) >= 11 is 0. The molecule has 1 aliphatic heterocycles. The van der Waals surface area contributed by atoms with E-state index in [1.54, 1.807) is 12.2 Å². The predicted octanol–water partition coefficient (Wildman–Crippen LogP) is 1.67. The number of likely N-dealkylation sites (tertiary alicyclic amines) is 1. The number of hydrogen-bond acceptors (Lipinski definition) is 2.